The molecule has 0 spiro atoms. The number of nitrogens with zero attached hydrogens (tertiary/aromatic N) is 2. The second-order valence-corrected chi connectivity index (χ2v) is 7.39. The van der Waals surface area contributed by atoms with Crippen LogP contribution in [0.25, 0.3) is 0 Å². The van der Waals surface area contributed by atoms with E-state index in [1.165, 1.54) is 22.4 Å². The topological polar surface area (TPSA) is 23.6 Å². The van der Waals surface area contributed by atoms with Gasteiger partial charge in [-0.25, -0.2) is 0 Å². The first-order chi connectivity index (χ1) is 12.1. The molecule has 2 atom stereocenters. The normalized spacial score (nSPS) is 22.8. The van der Waals surface area contributed by atoms with Crippen LogP contribution in [0.1, 0.15) is 29.0 Å². The minimum absolute atomic E-state index is 0.203. The van der Waals surface area contributed by atoms with E-state index in [-0.39, 0.29) is 5.92 Å². The van der Waals surface area contributed by atoms with Gasteiger partial charge in [-0.3, -0.25) is 4.79 Å². The molecule has 1 amide bonds. The van der Waals surface area contributed by atoms with Crippen molar-refractivity contribution in [2.45, 2.75) is 26.2 Å². The summed E-state index contributed by atoms with van der Waals surface area (Å²) in [5, 5.41) is 0. The van der Waals surface area contributed by atoms with Crippen LogP contribution in [-0.4, -0.2) is 37.0 Å². The maximum Gasteiger partial charge on any atom is 0.226 e. The molecule has 1 heterocycles. The van der Waals surface area contributed by atoms with Gasteiger partial charge in [0.25, 0.3) is 0 Å². The summed E-state index contributed by atoms with van der Waals surface area (Å²) in [5.74, 6) is 0.995. The van der Waals surface area contributed by atoms with Crippen molar-refractivity contribution in [3.63, 3.8) is 0 Å². The van der Waals surface area contributed by atoms with Gasteiger partial charge in [0.05, 0.1) is 0 Å². The molecule has 2 fully saturated rings. The molecule has 3 nitrogen and oxygen atoms in total. The third-order valence-electron chi connectivity index (χ3n) is 5.84. The van der Waals surface area contributed by atoms with Crippen molar-refractivity contribution in [1.29, 1.82) is 0 Å². The van der Waals surface area contributed by atoms with Gasteiger partial charge in [0, 0.05) is 37.8 Å². The summed E-state index contributed by atoms with van der Waals surface area (Å²) in [5.41, 5.74) is 5.32. The molecule has 0 aromatic heterocycles. The lowest BCUT2D eigenvalue weighted by Gasteiger charge is -2.37. The standard InChI is InChI=1S/C22H26N2O/c1-16-7-6-10-21(17(16)2)23-11-13-24(14-12-23)22(25)20-15-19(20)18-8-4-3-5-9-18/h3-10,19-20H,11-15H2,1-2H3/t19-,20+/m1/s1. The summed E-state index contributed by atoms with van der Waals surface area (Å²) >= 11 is 0. The van der Waals surface area contributed by atoms with Gasteiger partial charge in [-0.05, 0) is 48.9 Å². The quantitative estimate of drug-likeness (QED) is 0.853. The maximum atomic E-state index is 12.8. The number of aryl methyl sites for hydroxylation is 1. The first-order valence-electron chi connectivity index (χ1n) is 9.30. The van der Waals surface area contributed by atoms with Crippen LogP contribution in [-0.2, 0) is 4.79 Å². The van der Waals surface area contributed by atoms with E-state index in [2.05, 4.69) is 66.1 Å². The van der Waals surface area contributed by atoms with Crippen molar-refractivity contribution >= 4 is 11.6 Å². The van der Waals surface area contributed by atoms with Crippen LogP contribution in [0.5, 0.6) is 0 Å². The number of benzene rings is 2. The van der Waals surface area contributed by atoms with Crippen LogP contribution in [0.2, 0.25) is 0 Å². The number of hydrogen-bond donors (Lipinski definition) is 0. The van der Waals surface area contributed by atoms with E-state index in [0.717, 1.165) is 32.6 Å². The Kier molecular flexibility index (Phi) is 4.24. The molecule has 1 aliphatic carbocycles. The van der Waals surface area contributed by atoms with Crippen molar-refractivity contribution in [1.82, 2.24) is 4.90 Å². The van der Waals surface area contributed by atoms with Crippen LogP contribution < -0.4 is 4.90 Å². The lowest BCUT2D eigenvalue weighted by Crippen LogP contribution is -2.49. The molecule has 0 radical (unpaired) electrons. The highest BCUT2D eigenvalue weighted by Gasteiger charge is 2.45. The van der Waals surface area contributed by atoms with Gasteiger partial charge in [-0.1, -0.05) is 42.5 Å². The molecule has 2 aliphatic rings. The van der Waals surface area contributed by atoms with Crippen molar-refractivity contribution < 1.29 is 4.79 Å². The Morgan fingerprint density at radius 3 is 2.36 bits per heavy atom. The number of piperazine rings is 1. The summed E-state index contributed by atoms with van der Waals surface area (Å²) in [6.07, 6.45) is 1.01. The summed E-state index contributed by atoms with van der Waals surface area (Å²) in [4.78, 5) is 17.3. The van der Waals surface area contributed by atoms with Gasteiger partial charge in [-0.15, -0.1) is 0 Å². The molecule has 2 aromatic rings. The molecule has 0 bridgehead atoms. The lowest BCUT2D eigenvalue weighted by molar-refractivity contribution is -0.132. The van der Waals surface area contributed by atoms with E-state index < -0.39 is 0 Å². The number of carbonyl (C=O) groups excluding carboxylic acids is 1. The molecule has 1 aliphatic heterocycles. The number of amides is 1. The minimum Gasteiger partial charge on any atom is -0.368 e. The fourth-order valence-electron chi connectivity index (χ4n) is 4.02. The molecule has 2 aromatic carbocycles. The van der Waals surface area contributed by atoms with Crippen molar-refractivity contribution in [2.75, 3.05) is 31.1 Å². The minimum atomic E-state index is 0.203. The summed E-state index contributed by atoms with van der Waals surface area (Å²) < 4.78 is 0. The average molecular weight is 334 g/mol. The highest BCUT2D eigenvalue weighted by Crippen LogP contribution is 2.48. The Bertz CT molecular complexity index is 763. The van der Waals surface area contributed by atoms with Crippen molar-refractivity contribution in [3.8, 4) is 0 Å². The van der Waals surface area contributed by atoms with E-state index in [1.54, 1.807) is 0 Å². The van der Waals surface area contributed by atoms with Crippen molar-refractivity contribution in [2.24, 2.45) is 5.92 Å². The molecular formula is C22H26N2O. The summed E-state index contributed by atoms with van der Waals surface area (Å²) in [7, 11) is 0. The number of hydrogen-bond acceptors (Lipinski definition) is 2. The second kappa shape index (κ2) is 6.55. The molecule has 3 heteroatoms. The highest BCUT2D eigenvalue weighted by atomic mass is 16.2. The Balaban J connectivity index is 1.36. The van der Waals surface area contributed by atoms with Gasteiger partial charge < -0.3 is 9.80 Å². The molecule has 1 saturated carbocycles. The molecule has 0 unspecified atom stereocenters. The number of carbonyl (C=O) groups is 1. The van der Waals surface area contributed by atoms with Crippen LogP contribution in [0.4, 0.5) is 5.69 Å². The predicted molar refractivity (Wildman–Crippen MR) is 102 cm³/mol. The zero-order chi connectivity index (χ0) is 17.4. The molecule has 0 N–H and O–H groups in total. The largest absolute Gasteiger partial charge is 0.368 e. The Hall–Kier alpha value is -2.29. The first-order valence-corrected chi connectivity index (χ1v) is 9.30. The van der Waals surface area contributed by atoms with Crippen LogP contribution in [0.15, 0.2) is 48.5 Å². The lowest BCUT2D eigenvalue weighted by atomic mass is 10.1. The van der Waals surface area contributed by atoms with Crippen LogP contribution >= 0.6 is 0 Å². The van der Waals surface area contributed by atoms with Crippen molar-refractivity contribution in [3.05, 3.63) is 65.2 Å². The van der Waals surface area contributed by atoms with E-state index in [0.29, 0.717) is 11.8 Å². The van der Waals surface area contributed by atoms with Crippen LogP contribution in [0.3, 0.4) is 0 Å². The third-order valence-corrected chi connectivity index (χ3v) is 5.84. The number of anilines is 1. The van der Waals surface area contributed by atoms with Gasteiger partial charge >= 0.3 is 0 Å². The second-order valence-electron chi connectivity index (χ2n) is 7.39. The van der Waals surface area contributed by atoms with Gasteiger partial charge in [0.1, 0.15) is 0 Å². The van der Waals surface area contributed by atoms with E-state index in [1.807, 2.05) is 6.07 Å². The van der Waals surface area contributed by atoms with E-state index in [9.17, 15) is 4.79 Å². The van der Waals surface area contributed by atoms with Gasteiger partial charge in [0.15, 0.2) is 0 Å². The summed E-state index contributed by atoms with van der Waals surface area (Å²) in [6.45, 7) is 7.89. The smallest absolute Gasteiger partial charge is 0.226 e. The van der Waals surface area contributed by atoms with Gasteiger partial charge in [-0.2, -0.15) is 0 Å². The molecule has 4 rings (SSSR count). The highest BCUT2D eigenvalue weighted by molar-refractivity contribution is 5.83. The first kappa shape index (κ1) is 16.2. The fraction of sp³-hybridized carbons (Fsp3) is 0.409. The summed E-state index contributed by atoms with van der Waals surface area (Å²) in [6, 6.07) is 17.0. The molecule has 130 valence electrons. The molecule has 25 heavy (non-hydrogen) atoms. The SMILES string of the molecule is Cc1cccc(N2CCN(C(=O)[C@H]3C[C@@H]3c3ccccc3)CC2)c1C. The number of rotatable bonds is 3. The molecular weight excluding hydrogens is 308 g/mol. The van der Waals surface area contributed by atoms with E-state index >= 15 is 0 Å². The van der Waals surface area contributed by atoms with E-state index in [4.69, 9.17) is 0 Å². The Labute approximate surface area is 150 Å². The Morgan fingerprint density at radius 1 is 0.920 bits per heavy atom. The monoisotopic (exact) mass is 334 g/mol. The third kappa shape index (κ3) is 3.15. The predicted octanol–water partition coefficient (Wildman–Crippen LogP) is 3.76. The maximum absolute atomic E-state index is 12.8. The zero-order valence-corrected chi connectivity index (χ0v) is 15.1. The Morgan fingerprint density at radius 2 is 1.64 bits per heavy atom. The fourth-order valence-corrected chi connectivity index (χ4v) is 4.02. The molecule has 1 saturated heterocycles. The van der Waals surface area contributed by atoms with Gasteiger partial charge in [0.2, 0.25) is 5.91 Å². The average Bonchev–Trinajstić information content (AvgIpc) is 3.45. The zero-order valence-electron chi connectivity index (χ0n) is 15.1. The van der Waals surface area contributed by atoms with Crippen LogP contribution in [0, 0.1) is 19.8 Å².